The molecule has 1 aliphatic heterocycles. The van der Waals surface area contributed by atoms with Crippen molar-refractivity contribution in [3.8, 4) is 0 Å². The molecule has 0 aliphatic carbocycles. The summed E-state index contributed by atoms with van der Waals surface area (Å²) in [4.78, 5) is 14.5. The second-order valence-corrected chi connectivity index (χ2v) is 5.96. The quantitative estimate of drug-likeness (QED) is 0.923. The maximum Gasteiger partial charge on any atom is 0.253 e. The van der Waals surface area contributed by atoms with Gasteiger partial charge in [-0.05, 0) is 57.0 Å². The van der Waals surface area contributed by atoms with Crippen LogP contribution >= 0.6 is 15.9 Å². The van der Waals surface area contributed by atoms with Gasteiger partial charge in [-0.25, -0.2) is 0 Å². The Morgan fingerprint density at radius 2 is 2.16 bits per heavy atom. The molecule has 2 rings (SSSR count). The van der Waals surface area contributed by atoms with Crippen LogP contribution in [0.1, 0.15) is 30.1 Å². The molecule has 1 aromatic rings. The van der Waals surface area contributed by atoms with E-state index in [2.05, 4.69) is 28.2 Å². The highest BCUT2D eigenvalue weighted by Gasteiger charge is 2.20. The Morgan fingerprint density at radius 3 is 2.79 bits per heavy atom. The molecule has 4 heteroatoms. The Morgan fingerprint density at radius 1 is 1.42 bits per heavy atom. The molecule has 1 fully saturated rings. The lowest BCUT2D eigenvalue weighted by molar-refractivity contribution is 0.0726. The molecule has 104 valence electrons. The Balaban J connectivity index is 2.02. The zero-order chi connectivity index (χ0) is 13.7. The van der Waals surface area contributed by atoms with Crippen LogP contribution in [0.3, 0.4) is 0 Å². The first kappa shape index (κ1) is 14.5. The summed E-state index contributed by atoms with van der Waals surface area (Å²) in [6.45, 7) is 5.86. The average molecular weight is 325 g/mol. The van der Waals surface area contributed by atoms with Crippen molar-refractivity contribution in [2.45, 2.75) is 19.8 Å². The van der Waals surface area contributed by atoms with E-state index >= 15 is 0 Å². The van der Waals surface area contributed by atoms with Crippen LogP contribution in [0.2, 0.25) is 0 Å². The van der Waals surface area contributed by atoms with Crippen molar-refractivity contribution in [1.29, 1.82) is 0 Å². The highest BCUT2D eigenvalue weighted by molar-refractivity contribution is 9.10. The van der Waals surface area contributed by atoms with Crippen molar-refractivity contribution < 1.29 is 4.79 Å². The zero-order valence-corrected chi connectivity index (χ0v) is 12.9. The second-order valence-electron chi connectivity index (χ2n) is 5.05. The van der Waals surface area contributed by atoms with Crippen LogP contribution in [-0.2, 0) is 0 Å². The molecule has 19 heavy (non-hydrogen) atoms. The van der Waals surface area contributed by atoms with Crippen molar-refractivity contribution >= 4 is 21.8 Å². The third kappa shape index (κ3) is 4.05. The third-order valence-corrected chi connectivity index (χ3v) is 4.17. The number of carbonyl (C=O) groups is 1. The molecular weight excluding hydrogens is 304 g/mol. The lowest BCUT2D eigenvalue weighted by Gasteiger charge is -2.29. The maximum atomic E-state index is 12.5. The molecule has 1 N–H and O–H groups in total. The minimum Gasteiger partial charge on any atom is -0.339 e. The van der Waals surface area contributed by atoms with Crippen molar-refractivity contribution in [2.24, 2.45) is 5.92 Å². The topological polar surface area (TPSA) is 32.3 Å². The smallest absolute Gasteiger partial charge is 0.253 e. The van der Waals surface area contributed by atoms with Crippen molar-refractivity contribution in [1.82, 2.24) is 10.2 Å². The molecule has 0 unspecified atom stereocenters. The van der Waals surface area contributed by atoms with Gasteiger partial charge in [0.2, 0.25) is 0 Å². The Hall–Kier alpha value is -0.870. The van der Waals surface area contributed by atoms with Crippen molar-refractivity contribution in [3.05, 3.63) is 34.3 Å². The van der Waals surface area contributed by atoms with Gasteiger partial charge in [-0.1, -0.05) is 22.0 Å². The molecule has 0 radical (unpaired) electrons. The molecule has 1 aliphatic rings. The van der Waals surface area contributed by atoms with Gasteiger partial charge in [0.05, 0.1) is 0 Å². The highest BCUT2D eigenvalue weighted by atomic mass is 79.9. The summed E-state index contributed by atoms with van der Waals surface area (Å²) in [5.41, 5.74) is 0.769. The van der Waals surface area contributed by atoms with E-state index in [1.54, 1.807) is 0 Å². The van der Waals surface area contributed by atoms with Gasteiger partial charge in [-0.2, -0.15) is 0 Å². The van der Waals surface area contributed by atoms with Crippen LogP contribution in [0.25, 0.3) is 0 Å². The number of rotatable bonds is 4. The molecule has 0 aromatic heterocycles. The molecule has 0 bridgehead atoms. The molecule has 1 amide bonds. The fraction of sp³-hybridized carbons (Fsp3) is 0.533. The summed E-state index contributed by atoms with van der Waals surface area (Å²) >= 11 is 3.42. The van der Waals surface area contributed by atoms with Gasteiger partial charge in [0.25, 0.3) is 5.91 Å². The second kappa shape index (κ2) is 7.06. The zero-order valence-electron chi connectivity index (χ0n) is 11.4. The van der Waals surface area contributed by atoms with Gasteiger partial charge in [0, 0.05) is 23.1 Å². The predicted molar refractivity (Wildman–Crippen MR) is 81.3 cm³/mol. The van der Waals surface area contributed by atoms with E-state index in [1.165, 1.54) is 12.8 Å². The van der Waals surface area contributed by atoms with Crippen LogP contribution in [0, 0.1) is 5.92 Å². The predicted octanol–water partition coefficient (Wildman–Crippen LogP) is 2.91. The molecule has 1 aromatic carbocycles. The minimum atomic E-state index is 0.141. The number of hydrogen-bond acceptors (Lipinski definition) is 2. The molecule has 0 atom stereocenters. The van der Waals surface area contributed by atoms with Crippen molar-refractivity contribution in [3.63, 3.8) is 0 Å². The molecule has 1 heterocycles. The monoisotopic (exact) mass is 324 g/mol. The van der Waals surface area contributed by atoms with Crippen LogP contribution in [-0.4, -0.2) is 37.0 Å². The van der Waals surface area contributed by atoms with Gasteiger partial charge in [0.15, 0.2) is 0 Å². The molecule has 0 saturated carbocycles. The SMILES string of the molecule is CCN(CC1CCNCC1)C(=O)c1cccc(Br)c1. The van der Waals surface area contributed by atoms with E-state index in [1.807, 2.05) is 29.2 Å². The van der Waals surface area contributed by atoms with Crippen LogP contribution in [0.5, 0.6) is 0 Å². The van der Waals surface area contributed by atoms with E-state index in [-0.39, 0.29) is 5.91 Å². The maximum absolute atomic E-state index is 12.5. The lowest BCUT2D eigenvalue weighted by Crippen LogP contribution is -2.39. The largest absolute Gasteiger partial charge is 0.339 e. The number of benzene rings is 1. The number of carbonyl (C=O) groups excluding carboxylic acids is 1. The summed E-state index contributed by atoms with van der Waals surface area (Å²) < 4.78 is 0.955. The number of hydrogen-bond donors (Lipinski definition) is 1. The standard InChI is InChI=1S/C15H21BrN2O/c1-2-18(11-12-6-8-17-9-7-12)15(19)13-4-3-5-14(16)10-13/h3-5,10,12,17H,2,6-9,11H2,1H3. The Bertz CT molecular complexity index is 430. The Kier molecular flexibility index (Phi) is 5.40. The van der Waals surface area contributed by atoms with Gasteiger partial charge in [-0.15, -0.1) is 0 Å². The van der Waals surface area contributed by atoms with Crippen molar-refractivity contribution in [2.75, 3.05) is 26.2 Å². The summed E-state index contributed by atoms with van der Waals surface area (Å²) in [5, 5.41) is 3.36. The first-order valence-electron chi connectivity index (χ1n) is 6.96. The number of nitrogens with one attached hydrogen (secondary N) is 1. The van der Waals surface area contributed by atoms with Gasteiger partial charge in [0.1, 0.15) is 0 Å². The number of amides is 1. The normalized spacial score (nSPS) is 16.3. The van der Waals surface area contributed by atoms with Gasteiger partial charge < -0.3 is 10.2 Å². The lowest BCUT2D eigenvalue weighted by atomic mass is 9.97. The van der Waals surface area contributed by atoms with E-state index < -0.39 is 0 Å². The van der Waals surface area contributed by atoms with E-state index in [9.17, 15) is 4.79 Å². The summed E-state index contributed by atoms with van der Waals surface area (Å²) in [6, 6.07) is 7.64. The summed E-state index contributed by atoms with van der Waals surface area (Å²) in [5.74, 6) is 0.777. The van der Waals surface area contributed by atoms with Gasteiger partial charge >= 0.3 is 0 Å². The van der Waals surface area contributed by atoms with Gasteiger partial charge in [-0.3, -0.25) is 4.79 Å². The Labute approximate surface area is 123 Å². The first-order valence-corrected chi connectivity index (χ1v) is 7.75. The molecule has 3 nitrogen and oxygen atoms in total. The number of halogens is 1. The molecule has 1 saturated heterocycles. The highest BCUT2D eigenvalue weighted by Crippen LogP contribution is 2.17. The molecule has 0 spiro atoms. The average Bonchev–Trinajstić information content (AvgIpc) is 2.45. The third-order valence-electron chi connectivity index (χ3n) is 3.68. The fourth-order valence-corrected chi connectivity index (χ4v) is 2.93. The number of nitrogens with zero attached hydrogens (tertiary/aromatic N) is 1. The van der Waals surface area contributed by atoms with E-state index in [0.29, 0.717) is 5.92 Å². The van der Waals surface area contributed by atoms with E-state index in [0.717, 1.165) is 36.2 Å². The van der Waals surface area contributed by atoms with E-state index in [4.69, 9.17) is 0 Å². The first-order chi connectivity index (χ1) is 9.20. The molecular formula is C15H21BrN2O. The fourth-order valence-electron chi connectivity index (χ4n) is 2.54. The summed E-state index contributed by atoms with van der Waals surface area (Å²) in [6.07, 6.45) is 2.34. The van der Waals surface area contributed by atoms with Crippen LogP contribution in [0.4, 0.5) is 0 Å². The van der Waals surface area contributed by atoms with Crippen LogP contribution in [0.15, 0.2) is 28.7 Å². The minimum absolute atomic E-state index is 0.141. The number of piperidine rings is 1. The van der Waals surface area contributed by atoms with Crippen LogP contribution < -0.4 is 5.32 Å². The summed E-state index contributed by atoms with van der Waals surface area (Å²) in [7, 11) is 0.